The summed E-state index contributed by atoms with van der Waals surface area (Å²) in [6, 6.07) is 0. The first-order chi connectivity index (χ1) is 8.55. The van der Waals surface area contributed by atoms with Crippen molar-refractivity contribution in [3.8, 4) is 0 Å². The Kier molecular flexibility index (Phi) is 4.70. The third-order valence-corrected chi connectivity index (χ3v) is 6.74. The van der Waals surface area contributed by atoms with E-state index in [4.69, 9.17) is 0 Å². The van der Waals surface area contributed by atoms with Gasteiger partial charge in [-0.15, -0.1) is 0 Å². The lowest BCUT2D eigenvalue weighted by molar-refractivity contribution is 0.211. The Balaban J connectivity index is 1.86. The zero-order valence-electron chi connectivity index (χ0n) is 11.6. The topological polar surface area (TPSA) is 46.2 Å². The fourth-order valence-electron chi connectivity index (χ4n) is 3.55. The first kappa shape index (κ1) is 14.3. The molecule has 0 saturated carbocycles. The zero-order valence-corrected chi connectivity index (χ0v) is 12.4. The fraction of sp³-hybridized carbons (Fsp3) is 1.00. The van der Waals surface area contributed by atoms with Gasteiger partial charge >= 0.3 is 0 Å². The van der Waals surface area contributed by atoms with E-state index >= 15 is 0 Å². The van der Waals surface area contributed by atoms with Gasteiger partial charge < -0.3 is 5.32 Å². The highest BCUT2D eigenvalue weighted by molar-refractivity contribution is 7.91. The highest BCUT2D eigenvalue weighted by Gasteiger charge is 2.32. The van der Waals surface area contributed by atoms with Gasteiger partial charge in [0.15, 0.2) is 9.84 Å². The van der Waals surface area contributed by atoms with E-state index in [1.807, 2.05) is 0 Å². The van der Waals surface area contributed by atoms with Gasteiger partial charge in [-0.25, -0.2) is 8.42 Å². The van der Waals surface area contributed by atoms with E-state index in [9.17, 15) is 8.42 Å². The van der Waals surface area contributed by atoms with Gasteiger partial charge in [0.05, 0.1) is 11.5 Å². The summed E-state index contributed by atoms with van der Waals surface area (Å²) in [4.78, 5) is 0. The molecule has 2 rings (SSSR count). The Labute approximate surface area is 112 Å². The van der Waals surface area contributed by atoms with Crippen molar-refractivity contribution in [3.63, 3.8) is 0 Å². The van der Waals surface area contributed by atoms with Crippen molar-refractivity contribution in [2.45, 2.75) is 63.8 Å². The van der Waals surface area contributed by atoms with Gasteiger partial charge in [-0.1, -0.05) is 13.3 Å². The maximum atomic E-state index is 11.6. The molecule has 0 bridgehead atoms. The number of nitrogens with one attached hydrogen (secondary N) is 1. The van der Waals surface area contributed by atoms with Crippen LogP contribution in [0.25, 0.3) is 0 Å². The standard InChI is InChI=1S/C14H27NO2S/c1-2-14(8-3-4-10-15-14)9-7-13-6-5-11-18(16,17)12-13/h13,15H,2-12H2,1H3. The number of rotatable bonds is 4. The second kappa shape index (κ2) is 5.91. The third kappa shape index (κ3) is 3.70. The van der Waals surface area contributed by atoms with Crippen LogP contribution < -0.4 is 5.32 Å². The molecule has 0 aromatic heterocycles. The molecular weight excluding hydrogens is 246 g/mol. The molecule has 0 aromatic carbocycles. The van der Waals surface area contributed by atoms with Crippen molar-refractivity contribution in [2.24, 2.45) is 5.92 Å². The second-order valence-corrected chi connectivity index (χ2v) is 8.41. The molecular formula is C14H27NO2S. The van der Waals surface area contributed by atoms with Crippen molar-refractivity contribution in [3.05, 3.63) is 0 Å². The van der Waals surface area contributed by atoms with E-state index in [2.05, 4.69) is 12.2 Å². The van der Waals surface area contributed by atoms with Gasteiger partial charge in [-0.2, -0.15) is 0 Å². The van der Waals surface area contributed by atoms with Gasteiger partial charge in [-0.3, -0.25) is 0 Å². The number of piperidine rings is 1. The molecule has 3 nitrogen and oxygen atoms in total. The quantitative estimate of drug-likeness (QED) is 0.856. The van der Waals surface area contributed by atoms with Crippen molar-refractivity contribution < 1.29 is 8.42 Å². The highest BCUT2D eigenvalue weighted by Crippen LogP contribution is 2.31. The van der Waals surface area contributed by atoms with Crippen LogP contribution in [0.5, 0.6) is 0 Å². The van der Waals surface area contributed by atoms with Crippen molar-refractivity contribution in [1.29, 1.82) is 0 Å². The molecule has 1 N–H and O–H groups in total. The van der Waals surface area contributed by atoms with Gasteiger partial charge in [0.2, 0.25) is 0 Å². The maximum absolute atomic E-state index is 11.6. The summed E-state index contributed by atoms with van der Waals surface area (Å²) < 4.78 is 23.3. The monoisotopic (exact) mass is 273 g/mol. The van der Waals surface area contributed by atoms with E-state index in [0.717, 1.165) is 32.2 Å². The molecule has 18 heavy (non-hydrogen) atoms. The van der Waals surface area contributed by atoms with E-state index in [0.29, 0.717) is 23.0 Å². The molecule has 2 heterocycles. The lowest BCUT2D eigenvalue weighted by Crippen LogP contribution is -2.48. The summed E-state index contributed by atoms with van der Waals surface area (Å²) in [5.41, 5.74) is 0.305. The predicted octanol–water partition coefficient (Wildman–Crippen LogP) is 2.51. The summed E-state index contributed by atoms with van der Waals surface area (Å²) >= 11 is 0. The third-order valence-electron chi connectivity index (χ3n) is 4.85. The second-order valence-electron chi connectivity index (χ2n) is 6.18. The summed E-state index contributed by atoms with van der Waals surface area (Å²) in [5, 5.41) is 3.69. The first-order valence-corrected chi connectivity index (χ1v) is 9.33. The van der Waals surface area contributed by atoms with E-state index < -0.39 is 9.84 Å². The van der Waals surface area contributed by atoms with Crippen LogP contribution in [0.4, 0.5) is 0 Å². The summed E-state index contributed by atoms with van der Waals surface area (Å²) in [5.74, 6) is 1.27. The molecule has 0 aromatic rings. The predicted molar refractivity (Wildman–Crippen MR) is 75.5 cm³/mol. The molecule has 0 amide bonds. The van der Waals surface area contributed by atoms with Crippen molar-refractivity contribution in [2.75, 3.05) is 18.1 Å². The molecule has 2 saturated heterocycles. The SMILES string of the molecule is CCC1(CCC2CCCS(=O)(=O)C2)CCCCN1. The highest BCUT2D eigenvalue weighted by atomic mass is 32.2. The van der Waals surface area contributed by atoms with Crippen LogP contribution in [0.3, 0.4) is 0 Å². The minimum Gasteiger partial charge on any atom is -0.311 e. The van der Waals surface area contributed by atoms with Gasteiger partial charge in [0, 0.05) is 5.54 Å². The molecule has 0 spiro atoms. The molecule has 106 valence electrons. The van der Waals surface area contributed by atoms with Crippen LogP contribution in [0.15, 0.2) is 0 Å². The Morgan fingerprint density at radius 1 is 1.28 bits per heavy atom. The number of hydrogen-bond donors (Lipinski definition) is 1. The van der Waals surface area contributed by atoms with Crippen LogP contribution in [0.2, 0.25) is 0 Å². The molecule has 4 heteroatoms. The smallest absolute Gasteiger partial charge is 0.150 e. The Hall–Kier alpha value is -0.0900. The minimum atomic E-state index is -2.73. The molecule has 2 atom stereocenters. The average Bonchev–Trinajstić information content (AvgIpc) is 2.36. The van der Waals surface area contributed by atoms with E-state index in [-0.39, 0.29) is 0 Å². The Morgan fingerprint density at radius 3 is 2.72 bits per heavy atom. The summed E-state index contributed by atoms with van der Waals surface area (Å²) in [6.45, 7) is 3.40. The molecule has 2 aliphatic rings. The Bertz CT molecular complexity index is 358. The molecule has 2 fully saturated rings. The van der Waals surface area contributed by atoms with Crippen LogP contribution in [-0.4, -0.2) is 32.0 Å². The van der Waals surface area contributed by atoms with Crippen LogP contribution in [0, 0.1) is 5.92 Å². The lowest BCUT2D eigenvalue weighted by atomic mass is 9.80. The van der Waals surface area contributed by atoms with E-state index in [1.165, 1.54) is 25.7 Å². The summed E-state index contributed by atoms with van der Waals surface area (Å²) in [6.07, 6.45) is 9.28. The van der Waals surface area contributed by atoms with Crippen LogP contribution in [-0.2, 0) is 9.84 Å². The molecule has 2 unspecified atom stereocenters. The largest absolute Gasteiger partial charge is 0.311 e. The molecule has 0 aliphatic carbocycles. The first-order valence-electron chi connectivity index (χ1n) is 7.51. The molecule has 2 aliphatic heterocycles. The van der Waals surface area contributed by atoms with Crippen LogP contribution >= 0.6 is 0 Å². The number of sulfone groups is 1. The van der Waals surface area contributed by atoms with Gasteiger partial charge in [0.25, 0.3) is 0 Å². The zero-order chi connectivity index (χ0) is 13.1. The molecule has 0 radical (unpaired) electrons. The fourth-order valence-corrected chi connectivity index (χ4v) is 5.37. The number of hydrogen-bond acceptors (Lipinski definition) is 3. The normalized spacial score (nSPS) is 36.4. The van der Waals surface area contributed by atoms with Crippen molar-refractivity contribution in [1.82, 2.24) is 5.32 Å². The minimum absolute atomic E-state index is 0.305. The summed E-state index contributed by atoms with van der Waals surface area (Å²) in [7, 11) is -2.73. The van der Waals surface area contributed by atoms with Crippen molar-refractivity contribution >= 4 is 9.84 Å². The van der Waals surface area contributed by atoms with Crippen LogP contribution in [0.1, 0.15) is 58.3 Å². The van der Waals surface area contributed by atoms with Gasteiger partial charge in [0.1, 0.15) is 0 Å². The van der Waals surface area contributed by atoms with Gasteiger partial charge in [-0.05, 0) is 57.4 Å². The lowest BCUT2D eigenvalue weighted by Gasteiger charge is -2.39. The van der Waals surface area contributed by atoms with E-state index in [1.54, 1.807) is 0 Å². The maximum Gasteiger partial charge on any atom is 0.150 e. The average molecular weight is 273 g/mol. The Morgan fingerprint density at radius 2 is 2.11 bits per heavy atom.